The third-order valence-electron chi connectivity index (χ3n) is 11.1. The standard InChI is InChI=1S/C42H32N10O2/c1-22-24(17-43)3-7-30-28(22)9-12-34(30)47-26-5-11-36-32(15-26)40(50-49-36)39-20-46-42(54-39)52-37-14-6-27(16-33(37)41(51-52)38-19-45-21-53-38)48-35-13-10-29-23(2)25(18-44)4-8-31(29)35/h3-8,11,14-16,19-21,34-35,47-48H,9-10,12-13H2,1-2H3,(H,49,50)/t34-,35+/m0/s1. The van der Waals surface area contributed by atoms with Crippen LogP contribution in [0.4, 0.5) is 11.4 Å². The molecule has 0 radical (unpaired) electrons. The molecule has 0 saturated heterocycles. The van der Waals surface area contributed by atoms with Crippen LogP contribution in [-0.4, -0.2) is 29.9 Å². The van der Waals surface area contributed by atoms with E-state index in [0.29, 0.717) is 22.9 Å². The Kier molecular flexibility index (Phi) is 7.13. The molecule has 8 aromatic rings. The van der Waals surface area contributed by atoms with Gasteiger partial charge in [-0.05, 0) is 121 Å². The predicted octanol–water partition coefficient (Wildman–Crippen LogP) is 8.77. The molecular weight excluding hydrogens is 677 g/mol. The van der Waals surface area contributed by atoms with E-state index in [1.54, 1.807) is 17.1 Å². The summed E-state index contributed by atoms with van der Waals surface area (Å²) >= 11 is 0. The van der Waals surface area contributed by atoms with Crippen LogP contribution >= 0.6 is 0 Å². The largest absolute Gasteiger partial charge is 0.442 e. The molecule has 3 N–H and O–H groups in total. The summed E-state index contributed by atoms with van der Waals surface area (Å²) in [4.78, 5) is 8.80. The fourth-order valence-corrected chi connectivity index (χ4v) is 8.34. The molecule has 0 unspecified atom stereocenters. The van der Waals surface area contributed by atoms with E-state index in [1.807, 2.05) is 50.2 Å². The van der Waals surface area contributed by atoms with Crippen LogP contribution in [0, 0.1) is 36.5 Å². The van der Waals surface area contributed by atoms with Gasteiger partial charge in [0.25, 0.3) is 0 Å². The van der Waals surface area contributed by atoms with Crippen molar-refractivity contribution in [2.24, 2.45) is 0 Å². The average Bonchev–Trinajstić information content (AvgIpc) is 4.04. The zero-order valence-electron chi connectivity index (χ0n) is 29.4. The smallest absolute Gasteiger partial charge is 0.323 e. The van der Waals surface area contributed by atoms with Gasteiger partial charge < -0.3 is 19.5 Å². The molecule has 262 valence electrons. The molecule has 2 atom stereocenters. The number of oxazole rings is 2. The second-order valence-electron chi connectivity index (χ2n) is 14.0. The average molecular weight is 709 g/mol. The number of nitrogens with zero attached hydrogens (tertiary/aromatic N) is 7. The lowest BCUT2D eigenvalue weighted by molar-refractivity contribution is 0.524. The Morgan fingerprint density at radius 2 is 1.44 bits per heavy atom. The van der Waals surface area contributed by atoms with Crippen molar-refractivity contribution in [1.82, 2.24) is 29.9 Å². The molecule has 0 amide bonds. The fraction of sp³-hybridized carbons (Fsp3) is 0.190. The van der Waals surface area contributed by atoms with Crippen molar-refractivity contribution < 1.29 is 8.83 Å². The van der Waals surface area contributed by atoms with Gasteiger partial charge in [0.05, 0.1) is 58.8 Å². The Labute approximate surface area is 309 Å². The highest BCUT2D eigenvalue weighted by Gasteiger charge is 2.27. The zero-order chi connectivity index (χ0) is 36.5. The molecule has 0 bridgehead atoms. The number of benzene rings is 4. The summed E-state index contributed by atoms with van der Waals surface area (Å²) in [6, 6.07) is 25.4. The van der Waals surface area contributed by atoms with Crippen LogP contribution in [0.3, 0.4) is 0 Å². The maximum atomic E-state index is 9.52. The van der Waals surface area contributed by atoms with Crippen LogP contribution in [-0.2, 0) is 12.8 Å². The van der Waals surface area contributed by atoms with Crippen molar-refractivity contribution >= 4 is 33.2 Å². The Morgan fingerprint density at radius 1 is 0.778 bits per heavy atom. The minimum Gasteiger partial charge on any atom is -0.442 e. The molecule has 0 fully saturated rings. The van der Waals surface area contributed by atoms with Gasteiger partial charge in [0, 0.05) is 22.1 Å². The van der Waals surface area contributed by atoms with Crippen LogP contribution < -0.4 is 10.6 Å². The highest BCUT2D eigenvalue weighted by atomic mass is 16.4. The van der Waals surface area contributed by atoms with Crippen molar-refractivity contribution in [3.8, 4) is 41.1 Å². The Hall–Kier alpha value is -7.18. The number of H-pyrrole nitrogens is 1. The highest BCUT2D eigenvalue weighted by molar-refractivity contribution is 5.96. The van der Waals surface area contributed by atoms with Gasteiger partial charge in [-0.15, -0.1) is 0 Å². The van der Waals surface area contributed by atoms with E-state index >= 15 is 0 Å². The number of anilines is 2. The summed E-state index contributed by atoms with van der Waals surface area (Å²) in [5.74, 6) is 1.02. The quantitative estimate of drug-likeness (QED) is 0.145. The minimum atomic E-state index is 0.122. The summed E-state index contributed by atoms with van der Waals surface area (Å²) in [5.41, 5.74) is 13.4. The van der Waals surface area contributed by atoms with Gasteiger partial charge >= 0.3 is 6.01 Å². The summed E-state index contributed by atoms with van der Waals surface area (Å²) in [6.07, 6.45) is 8.46. The Balaban J connectivity index is 0.965. The number of aromatic amines is 1. The van der Waals surface area contributed by atoms with Gasteiger partial charge in [0.1, 0.15) is 11.4 Å². The second kappa shape index (κ2) is 12.2. The lowest BCUT2D eigenvalue weighted by Crippen LogP contribution is -2.07. The number of fused-ring (bicyclic) bond motifs is 4. The van der Waals surface area contributed by atoms with Crippen LogP contribution in [0.5, 0.6) is 0 Å². The first-order valence-corrected chi connectivity index (χ1v) is 17.9. The monoisotopic (exact) mass is 708 g/mol. The van der Waals surface area contributed by atoms with Crippen molar-refractivity contribution in [3.05, 3.63) is 124 Å². The summed E-state index contributed by atoms with van der Waals surface area (Å²) in [7, 11) is 0. The van der Waals surface area contributed by atoms with Crippen LogP contribution in [0.25, 0.3) is 50.7 Å². The van der Waals surface area contributed by atoms with Crippen molar-refractivity contribution in [3.63, 3.8) is 0 Å². The van der Waals surface area contributed by atoms with Gasteiger partial charge in [-0.1, -0.05) is 12.1 Å². The lowest BCUT2D eigenvalue weighted by Gasteiger charge is -2.16. The van der Waals surface area contributed by atoms with Crippen LogP contribution in [0.15, 0.2) is 88.3 Å². The Bertz CT molecular complexity index is 2860. The first kappa shape index (κ1) is 31.5. The van der Waals surface area contributed by atoms with Crippen LogP contribution in [0.1, 0.15) is 69.4 Å². The van der Waals surface area contributed by atoms with E-state index in [2.05, 4.69) is 67.2 Å². The maximum Gasteiger partial charge on any atom is 0.323 e. The van der Waals surface area contributed by atoms with E-state index in [4.69, 9.17) is 13.9 Å². The number of hydrogen-bond acceptors (Lipinski definition) is 10. The first-order valence-electron chi connectivity index (χ1n) is 17.9. The van der Waals surface area contributed by atoms with Crippen molar-refractivity contribution in [2.75, 3.05) is 10.6 Å². The summed E-state index contributed by atoms with van der Waals surface area (Å²) in [5, 5.41) is 40.9. The third kappa shape index (κ3) is 4.95. The van der Waals surface area contributed by atoms with Crippen molar-refractivity contribution in [2.45, 2.75) is 51.6 Å². The molecular formula is C42H32N10O2. The molecule has 0 spiro atoms. The number of nitriles is 2. The molecule has 4 heterocycles. The topological polar surface area (TPSA) is 170 Å². The minimum absolute atomic E-state index is 0.122. The lowest BCUT2D eigenvalue weighted by atomic mass is 9.98. The zero-order valence-corrected chi connectivity index (χ0v) is 29.4. The second-order valence-corrected chi connectivity index (χ2v) is 14.0. The SMILES string of the molecule is Cc1c(C#N)ccc2c1CC[C@@H]2Nc1ccc2[nH]nc(-c3cnc(-n4nc(-c5cnco5)c5cc(N[C@@H]6CCc7c6ccc(C#N)c7C)ccc54)o3)c2c1. The number of hydrogen-bond donors (Lipinski definition) is 3. The van der Waals surface area contributed by atoms with Crippen LogP contribution in [0.2, 0.25) is 0 Å². The van der Waals surface area contributed by atoms with E-state index in [-0.39, 0.29) is 18.1 Å². The maximum absolute atomic E-state index is 9.52. The molecule has 0 saturated carbocycles. The van der Waals surface area contributed by atoms with Gasteiger partial charge in [-0.3, -0.25) is 5.10 Å². The van der Waals surface area contributed by atoms with Gasteiger partial charge in [-0.25, -0.2) is 4.98 Å². The van der Waals surface area contributed by atoms with Gasteiger partial charge in [-0.2, -0.15) is 30.4 Å². The highest BCUT2D eigenvalue weighted by Crippen LogP contribution is 2.40. The number of aromatic nitrogens is 6. The van der Waals surface area contributed by atoms with E-state index in [1.165, 1.54) is 28.6 Å². The molecule has 2 aliphatic carbocycles. The summed E-state index contributed by atoms with van der Waals surface area (Å²) < 4.78 is 13.8. The van der Waals surface area contributed by atoms with Gasteiger partial charge in [0.2, 0.25) is 0 Å². The molecule has 12 heteroatoms. The Morgan fingerprint density at radius 3 is 2.09 bits per heavy atom. The van der Waals surface area contributed by atoms with Crippen molar-refractivity contribution in [1.29, 1.82) is 10.5 Å². The number of nitrogens with one attached hydrogen (secondary N) is 3. The van der Waals surface area contributed by atoms with E-state index < -0.39 is 0 Å². The molecule has 10 rings (SSSR count). The number of rotatable bonds is 7. The van der Waals surface area contributed by atoms with Gasteiger partial charge in [0.15, 0.2) is 17.9 Å². The molecule has 0 aliphatic heterocycles. The summed E-state index contributed by atoms with van der Waals surface area (Å²) in [6.45, 7) is 4.07. The predicted molar refractivity (Wildman–Crippen MR) is 203 cm³/mol. The molecule has 54 heavy (non-hydrogen) atoms. The normalized spacial score (nSPS) is 16.0. The fourth-order valence-electron chi connectivity index (χ4n) is 8.34. The van der Waals surface area contributed by atoms with E-state index in [9.17, 15) is 10.5 Å². The third-order valence-corrected chi connectivity index (χ3v) is 11.1. The molecule has 2 aliphatic rings. The molecule has 4 aromatic heterocycles. The molecule has 12 nitrogen and oxygen atoms in total. The molecule has 4 aromatic carbocycles. The van der Waals surface area contributed by atoms with E-state index in [0.717, 1.165) is 81.1 Å². The first-order chi connectivity index (χ1) is 26.5.